The van der Waals surface area contributed by atoms with E-state index < -0.39 is 5.41 Å². The molecule has 0 aliphatic heterocycles. The van der Waals surface area contributed by atoms with Gasteiger partial charge in [0.05, 0.1) is 5.41 Å². The van der Waals surface area contributed by atoms with Gasteiger partial charge in [-0.1, -0.05) is 44.2 Å². The van der Waals surface area contributed by atoms with Gasteiger partial charge >= 0.3 is 0 Å². The summed E-state index contributed by atoms with van der Waals surface area (Å²) in [5.74, 6) is 0.0908. The second-order valence-electron chi connectivity index (χ2n) is 6.52. The molecule has 0 radical (unpaired) electrons. The monoisotopic (exact) mass is 290 g/mol. The summed E-state index contributed by atoms with van der Waals surface area (Å²) in [5, 5.41) is 3.20. The molecule has 3 nitrogen and oxygen atoms in total. The highest BCUT2D eigenvalue weighted by Crippen LogP contribution is 2.26. The molecule has 0 spiro atoms. The highest BCUT2D eigenvalue weighted by Gasteiger charge is 2.36. The number of hydrogen-bond acceptors (Lipinski definition) is 2. The van der Waals surface area contributed by atoms with E-state index in [0.717, 1.165) is 25.7 Å². The van der Waals surface area contributed by atoms with Crippen molar-refractivity contribution >= 4 is 5.91 Å². The summed E-state index contributed by atoms with van der Waals surface area (Å²) < 4.78 is 0. The van der Waals surface area contributed by atoms with Gasteiger partial charge in [0.15, 0.2) is 0 Å². The maximum Gasteiger partial charge on any atom is 0.227 e. The van der Waals surface area contributed by atoms with Crippen LogP contribution in [0, 0.1) is 5.41 Å². The Kier molecular flexibility index (Phi) is 6.41. The third-order valence-electron chi connectivity index (χ3n) is 4.56. The van der Waals surface area contributed by atoms with Crippen LogP contribution < -0.4 is 11.1 Å². The lowest BCUT2D eigenvalue weighted by molar-refractivity contribution is -0.132. The molecule has 0 unspecified atom stereocenters. The van der Waals surface area contributed by atoms with Gasteiger partial charge in [-0.3, -0.25) is 4.79 Å². The number of hydrogen-bond donors (Lipinski definition) is 2. The molecule has 0 heterocycles. The van der Waals surface area contributed by atoms with Crippen molar-refractivity contribution in [3.05, 3.63) is 35.9 Å². The minimum atomic E-state index is -0.427. The predicted octanol–water partition coefficient (Wildman–Crippen LogP) is 3.28. The van der Waals surface area contributed by atoms with Crippen LogP contribution in [0.2, 0.25) is 0 Å². The molecular weight excluding hydrogens is 260 g/mol. The van der Waals surface area contributed by atoms with Crippen LogP contribution in [0.4, 0.5) is 0 Å². The molecular formula is C18H30N2O. The topological polar surface area (TPSA) is 55.1 Å². The van der Waals surface area contributed by atoms with E-state index in [0.29, 0.717) is 6.54 Å². The van der Waals surface area contributed by atoms with Crippen LogP contribution in [-0.2, 0) is 11.2 Å². The summed E-state index contributed by atoms with van der Waals surface area (Å²) in [6.07, 6.45) is 3.43. The van der Waals surface area contributed by atoms with Crippen LogP contribution in [0.15, 0.2) is 30.3 Å². The Hall–Kier alpha value is -1.35. The van der Waals surface area contributed by atoms with Crippen LogP contribution in [0.3, 0.4) is 0 Å². The van der Waals surface area contributed by atoms with Gasteiger partial charge in [-0.05, 0) is 45.1 Å². The lowest BCUT2D eigenvalue weighted by Gasteiger charge is -2.34. The van der Waals surface area contributed by atoms with E-state index in [2.05, 4.69) is 43.4 Å². The number of benzene rings is 1. The molecule has 0 aliphatic carbocycles. The molecule has 1 aromatic rings. The van der Waals surface area contributed by atoms with Crippen molar-refractivity contribution < 1.29 is 4.79 Å². The van der Waals surface area contributed by atoms with Crippen molar-refractivity contribution in [2.24, 2.45) is 11.1 Å². The first-order chi connectivity index (χ1) is 9.89. The van der Waals surface area contributed by atoms with Crippen molar-refractivity contribution in [1.82, 2.24) is 5.32 Å². The predicted molar refractivity (Wildman–Crippen MR) is 89.1 cm³/mol. The quantitative estimate of drug-likeness (QED) is 0.772. The minimum absolute atomic E-state index is 0.0908. The van der Waals surface area contributed by atoms with E-state index in [4.69, 9.17) is 5.73 Å². The normalized spacial score (nSPS) is 12.2. The molecule has 0 atom stereocenters. The van der Waals surface area contributed by atoms with Gasteiger partial charge in [-0.25, -0.2) is 0 Å². The van der Waals surface area contributed by atoms with E-state index in [-0.39, 0.29) is 11.4 Å². The maximum atomic E-state index is 12.6. The summed E-state index contributed by atoms with van der Waals surface area (Å²) in [4.78, 5) is 12.6. The number of carbonyl (C=O) groups excluding carboxylic acids is 1. The molecule has 3 N–H and O–H groups in total. The largest absolute Gasteiger partial charge is 0.351 e. The van der Waals surface area contributed by atoms with Crippen molar-refractivity contribution in [1.29, 1.82) is 0 Å². The molecule has 0 saturated heterocycles. The highest BCUT2D eigenvalue weighted by molar-refractivity contribution is 5.83. The molecule has 1 aromatic carbocycles. The number of nitrogens with one attached hydrogen (secondary N) is 1. The maximum absolute atomic E-state index is 12.6. The van der Waals surface area contributed by atoms with Gasteiger partial charge in [0.1, 0.15) is 0 Å². The van der Waals surface area contributed by atoms with Crippen LogP contribution in [0.1, 0.15) is 52.5 Å². The molecule has 0 aromatic heterocycles. The molecule has 118 valence electrons. The van der Waals surface area contributed by atoms with Gasteiger partial charge in [-0.2, -0.15) is 0 Å². The van der Waals surface area contributed by atoms with Crippen molar-refractivity contribution in [2.45, 2.75) is 58.9 Å². The fourth-order valence-electron chi connectivity index (χ4n) is 2.56. The second-order valence-corrected chi connectivity index (χ2v) is 6.52. The number of carbonyl (C=O) groups is 1. The first-order valence-electron chi connectivity index (χ1n) is 7.96. The molecule has 21 heavy (non-hydrogen) atoms. The van der Waals surface area contributed by atoms with Gasteiger partial charge in [0, 0.05) is 12.1 Å². The van der Waals surface area contributed by atoms with Gasteiger partial charge in [0.2, 0.25) is 5.91 Å². The number of aryl methyl sites for hydroxylation is 1. The zero-order valence-corrected chi connectivity index (χ0v) is 13.9. The van der Waals surface area contributed by atoms with Crippen LogP contribution in [0.25, 0.3) is 0 Å². The highest BCUT2D eigenvalue weighted by atomic mass is 16.2. The lowest BCUT2D eigenvalue weighted by Crippen LogP contribution is -2.53. The number of amides is 1. The standard InChI is InChI=1S/C18H30N2O/c1-5-18(6-2,14-19)16(21)20-17(3,4)13-12-15-10-8-7-9-11-15/h7-11H,5-6,12-14,19H2,1-4H3,(H,20,21). The Bertz CT molecular complexity index is 428. The Labute approximate surface area is 129 Å². The van der Waals surface area contributed by atoms with Crippen LogP contribution >= 0.6 is 0 Å². The number of nitrogens with two attached hydrogens (primary N) is 1. The Morgan fingerprint density at radius 2 is 1.71 bits per heavy atom. The van der Waals surface area contributed by atoms with Crippen molar-refractivity contribution in [3.63, 3.8) is 0 Å². The molecule has 0 bridgehead atoms. The van der Waals surface area contributed by atoms with Crippen molar-refractivity contribution in [2.75, 3.05) is 6.54 Å². The van der Waals surface area contributed by atoms with E-state index in [1.165, 1.54) is 5.56 Å². The first-order valence-corrected chi connectivity index (χ1v) is 7.96. The zero-order chi connectivity index (χ0) is 15.9. The first kappa shape index (κ1) is 17.7. The smallest absolute Gasteiger partial charge is 0.227 e. The molecule has 1 rings (SSSR count). The Balaban J connectivity index is 2.64. The molecule has 0 fully saturated rings. The Morgan fingerprint density at radius 1 is 1.14 bits per heavy atom. The van der Waals surface area contributed by atoms with Gasteiger partial charge < -0.3 is 11.1 Å². The molecule has 3 heteroatoms. The summed E-state index contributed by atoms with van der Waals surface area (Å²) in [6.45, 7) is 8.64. The zero-order valence-electron chi connectivity index (χ0n) is 13.9. The fraction of sp³-hybridized carbons (Fsp3) is 0.611. The van der Waals surface area contributed by atoms with E-state index in [9.17, 15) is 4.79 Å². The summed E-state index contributed by atoms with van der Waals surface area (Å²) in [7, 11) is 0. The second kappa shape index (κ2) is 7.60. The van der Waals surface area contributed by atoms with E-state index in [1.807, 2.05) is 19.9 Å². The average Bonchev–Trinajstić information content (AvgIpc) is 2.48. The van der Waals surface area contributed by atoms with Crippen molar-refractivity contribution in [3.8, 4) is 0 Å². The third kappa shape index (κ3) is 4.85. The SMILES string of the molecule is CCC(CC)(CN)C(=O)NC(C)(C)CCc1ccccc1. The Morgan fingerprint density at radius 3 is 2.19 bits per heavy atom. The minimum Gasteiger partial charge on any atom is -0.351 e. The molecule has 0 saturated carbocycles. The van der Waals surface area contributed by atoms with E-state index >= 15 is 0 Å². The summed E-state index contributed by atoms with van der Waals surface area (Å²) >= 11 is 0. The van der Waals surface area contributed by atoms with E-state index in [1.54, 1.807) is 0 Å². The molecule has 1 amide bonds. The average molecular weight is 290 g/mol. The van der Waals surface area contributed by atoms with Gasteiger partial charge in [-0.15, -0.1) is 0 Å². The van der Waals surface area contributed by atoms with Crippen LogP contribution in [0.5, 0.6) is 0 Å². The van der Waals surface area contributed by atoms with Crippen LogP contribution in [-0.4, -0.2) is 18.0 Å². The summed E-state index contributed by atoms with van der Waals surface area (Å²) in [6, 6.07) is 10.4. The third-order valence-corrected chi connectivity index (χ3v) is 4.56. The lowest BCUT2D eigenvalue weighted by atomic mass is 9.80. The fourth-order valence-corrected chi connectivity index (χ4v) is 2.56. The summed E-state index contributed by atoms with van der Waals surface area (Å²) in [5.41, 5.74) is 6.50. The van der Waals surface area contributed by atoms with Gasteiger partial charge in [0.25, 0.3) is 0 Å². The molecule has 0 aliphatic rings. The number of rotatable bonds is 8.